The molecule has 0 aliphatic heterocycles. The third-order valence-corrected chi connectivity index (χ3v) is 4.63. The van der Waals surface area contributed by atoms with E-state index < -0.39 is 5.60 Å². The molecule has 1 aromatic rings. The Hall–Kier alpha value is -0.940. The lowest BCUT2D eigenvalue weighted by Crippen LogP contribution is -2.30. The van der Waals surface area contributed by atoms with E-state index in [1.807, 2.05) is 5.38 Å². The Balaban J connectivity index is 2.08. The molecule has 2 rings (SSSR count). The smallest absolute Gasteiger partial charge is 0.308 e. The molecular formula is C12H17NO3S. The van der Waals surface area contributed by atoms with Gasteiger partial charge in [0.05, 0.1) is 13.0 Å². The molecule has 2 unspecified atom stereocenters. The Bertz CT molecular complexity index is 388. The molecule has 5 heteroatoms. The molecular weight excluding hydrogens is 238 g/mol. The van der Waals surface area contributed by atoms with Gasteiger partial charge in [-0.15, -0.1) is 11.3 Å². The first kappa shape index (κ1) is 12.5. The second-order valence-electron chi connectivity index (χ2n) is 4.71. The summed E-state index contributed by atoms with van der Waals surface area (Å²) in [7, 11) is 1.41. The minimum Gasteiger partial charge on any atom is -0.469 e. The van der Waals surface area contributed by atoms with Crippen molar-refractivity contribution in [2.45, 2.75) is 31.8 Å². The standard InChI is InChI=1S/C12H17NO3S/c1-12(15,11-13-5-6-17-11)9-4-3-8(7-9)10(14)16-2/h5-6,8-9,15H,3-4,7H2,1-2H3/t8?,9?,12-/m1/s1. The van der Waals surface area contributed by atoms with E-state index in [-0.39, 0.29) is 17.8 Å². The number of esters is 1. The van der Waals surface area contributed by atoms with Crippen LogP contribution in [0, 0.1) is 11.8 Å². The number of carbonyl (C=O) groups excluding carboxylic acids is 1. The van der Waals surface area contributed by atoms with Gasteiger partial charge < -0.3 is 9.84 Å². The van der Waals surface area contributed by atoms with E-state index in [2.05, 4.69) is 4.98 Å². The number of hydrogen-bond donors (Lipinski definition) is 1. The number of ether oxygens (including phenoxy) is 1. The van der Waals surface area contributed by atoms with Crippen LogP contribution in [-0.4, -0.2) is 23.2 Å². The summed E-state index contributed by atoms with van der Waals surface area (Å²) in [5.74, 6) is -0.156. The van der Waals surface area contributed by atoms with Crippen molar-refractivity contribution >= 4 is 17.3 Å². The number of methoxy groups -OCH3 is 1. The highest BCUT2D eigenvalue weighted by molar-refractivity contribution is 7.09. The summed E-state index contributed by atoms with van der Waals surface area (Å²) in [6.07, 6.45) is 4.01. The van der Waals surface area contributed by atoms with Gasteiger partial charge in [0.25, 0.3) is 0 Å². The lowest BCUT2D eigenvalue weighted by molar-refractivity contribution is -0.145. The maximum absolute atomic E-state index is 11.5. The molecule has 0 radical (unpaired) electrons. The predicted molar refractivity (Wildman–Crippen MR) is 64.5 cm³/mol. The molecule has 4 nitrogen and oxygen atoms in total. The van der Waals surface area contributed by atoms with Crippen LogP contribution in [0.3, 0.4) is 0 Å². The number of nitrogens with zero attached hydrogens (tertiary/aromatic N) is 1. The van der Waals surface area contributed by atoms with Gasteiger partial charge in [0.2, 0.25) is 0 Å². The fourth-order valence-electron chi connectivity index (χ4n) is 2.52. The topological polar surface area (TPSA) is 59.4 Å². The van der Waals surface area contributed by atoms with Gasteiger partial charge in [0.1, 0.15) is 10.6 Å². The first-order chi connectivity index (χ1) is 8.05. The maximum atomic E-state index is 11.5. The number of rotatable bonds is 3. The maximum Gasteiger partial charge on any atom is 0.308 e. The minimum atomic E-state index is -0.934. The predicted octanol–water partition coefficient (Wildman–Crippen LogP) is 1.94. The highest BCUT2D eigenvalue weighted by Gasteiger charge is 2.42. The highest BCUT2D eigenvalue weighted by Crippen LogP contribution is 2.43. The zero-order valence-electron chi connectivity index (χ0n) is 10.0. The van der Waals surface area contributed by atoms with Crippen LogP contribution in [0.2, 0.25) is 0 Å². The van der Waals surface area contributed by atoms with Crippen LogP contribution < -0.4 is 0 Å². The van der Waals surface area contributed by atoms with Gasteiger partial charge in [-0.2, -0.15) is 0 Å². The van der Waals surface area contributed by atoms with Crippen molar-refractivity contribution in [1.29, 1.82) is 0 Å². The molecule has 0 spiro atoms. The Labute approximate surface area is 105 Å². The van der Waals surface area contributed by atoms with Gasteiger partial charge in [-0.3, -0.25) is 4.79 Å². The Morgan fingerprint density at radius 1 is 1.65 bits per heavy atom. The largest absolute Gasteiger partial charge is 0.469 e. The third kappa shape index (κ3) is 2.35. The van der Waals surface area contributed by atoms with Crippen molar-refractivity contribution < 1.29 is 14.6 Å². The van der Waals surface area contributed by atoms with E-state index in [4.69, 9.17) is 4.74 Å². The van der Waals surface area contributed by atoms with Crippen molar-refractivity contribution in [3.8, 4) is 0 Å². The van der Waals surface area contributed by atoms with Crippen molar-refractivity contribution in [2.75, 3.05) is 7.11 Å². The van der Waals surface area contributed by atoms with Crippen molar-refractivity contribution in [2.24, 2.45) is 11.8 Å². The zero-order valence-corrected chi connectivity index (χ0v) is 10.9. The van der Waals surface area contributed by atoms with Crippen LogP contribution in [0.5, 0.6) is 0 Å². The molecule has 1 aliphatic rings. The average Bonchev–Trinajstić information content (AvgIpc) is 2.98. The molecule has 1 aliphatic carbocycles. The Morgan fingerprint density at radius 2 is 2.41 bits per heavy atom. The van der Waals surface area contributed by atoms with E-state index in [9.17, 15) is 9.90 Å². The minimum absolute atomic E-state index is 0.0727. The highest BCUT2D eigenvalue weighted by atomic mass is 32.1. The van der Waals surface area contributed by atoms with E-state index in [1.54, 1.807) is 13.1 Å². The molecule has 1 aromatic heterocycles. The van der Waals surface area contributed by atoms with Gasteiger partial charge in [0, 0.05) is 11.6 Å². The lowest BCUT2D eigenvalue weighted by Gasteiger charge is -2.27. The summed E-state index contributed by atoms with van der Waals surface area (Å²) in [5, 5.41) is 13.1. The van der Waals surface area contributed by atoms with Gasteiger partial charge in [-0.25, -0.2) is 4.98 Å². The second-order valence-corrected chi connectivity index (χ2v) is 5.61. The summed E-state index contributed by atoms with van der Waals surface area (Å²) in [6, 6.07) is 0. The van der Waals surface area contributed by atoms with Crippen LogP contribution in [0.25, 0.3) is 0 Å². The van der Waals surface area contributed by atoms with Crippen molar-refractivity contribution in [3.63, 3.8) is 0 Å². The Kier molecular flexibility index (Phi) is 3.49. The zero-order chi connectivity index (χ0) is 12.5. The molecule has 0 saturated heterocycles. The van der Waals surface area contributed by atoms with Crippen LogP contribution in [0.4, 0.5) is 0 Å². The van der Waals surface area contributed by atoms with Gasteiger partial charge in [-0.1, -0.05) is 0 Å². The van der Waals surface area contributed by atoms with Crippen LogP contribution in [0.15, 0.2) is 11.6 Å². The molecule has 1 N–H and O–H groups in total. The monoisotopic (exact) mass is 255 g/mol. The molecule has 17 heavy (non-hydrogen) atoms. The number of carbonyl (C=O) groups is 1. The number of hydrogen-bond acceptors (Lipinski definition) is 5. The summed E-state index contributed by atoms with van der Waals surface area (Å²) in [6.45, 7) is 1.79. The summed E-state index contributed by atoms with van der Waals surface area (Å²) in [4.78, 5) is 15.6. The molecule has 94 valence electrons. The van der Waals surface area contributed by atoms with E-state index in [0.717, 1.165) is 17.8 Å². The first-order valence-electron chi connectivity index (χ1n) is 5.76. The first-order valence-corrected chi connectivity index (χ1v) is 6.64. The summed E-state index contributed by atoms with van der Waals surface area (Å²) >= 11 is 1.45. The fourth-order valence-corrected chi connectivity index (χ4v) is 3.30. The van der Waals surface area contributed by atoms with Crippen molar-refractivity contribution in [1.82, 2.24) is 4.98 Å². The number of aromatic nitrogens is 1. The molecule has 1 fully saturated rings. The quantitative estimate of drug-likeness (QED) is 0.839. The molecule has 3 atom stereocenters. The average molecular weight is 255 g/mol. The molecule has 0 aromatic carbocycles. The van der Waals surface area contributed by atoms with Crippen LogP contribution in [-0.2, 0) is 15.1 Å². The number of aliphatic hydroxyl groups is 1. The Morgan fingerprint density at radius 3 is 3.00 bits per heavy atom. The molecule has 0 amide bonds. The van der Waals surface area contributed by atoms with E-state index in [0.29, 0.717) is 6.42 Å². The van der Waals surface area contributed by atoms with Gasteiger partial charge >= 0.3 is 5.97 Å². The number of thiazole rings is 1. The normalized spacial score (nSPS) is 27.7. The summed E-state index contributed by atoms with van der Waals surface area (Å²) < 4.78 is 4.75. The van der Waals surface area contributed by atoms with Crippen LogP contribution in [0.1, 0.15) is 31.2 Å². The fraction of sp³-hybridized carbons (Fsp3) is 0.667. The lowest BCUT2D eigenvalue weighted by atomic mass is 9.87. The summed E-state index contributed by atoms with van der Waals surface area (Å²) in [5.41, 5.74) is -0.934. The van der Waals surface area contributed by atoms with E-state index >= 15 is 0 Å². The molecule has 1 saturated carbocycles. The van der Waals surface area contributed by atoms with Gasteiger partial charge in [-0.05, 0) is 32.1 Å². The van der Waals surface area contributed by atoms with Gasteiger partial charge in [0.15, 0.2) is 0 Å². The SMILES string of the molecule is COC(=O)C1CCC([C@@](C)(O)c2nccs2)C1. The van der Waals surface area contributed by atoms with E-state index in [1.165, 1.54) is 18.4 Å². The molecule has 0 bridgehead atoms. The second kappa shape index (κ2) is 4.74. The van der Waals surface area contributed by atoms with Crippen LogP contribution >= 0.6 is 11.3 Å². The van der Waals surface area contributed by atoms with Crippen molar-refractivity contribution in [3.05, 3.63) is 16.6 Å². The molecule has 1 heterocycles. The third-order valence-electron chi connectivity index (χ3n) is 3.63.